The first-order valence-electron chi connectivity index (χ1n) is 5.88. The molecular weight excluding hydrogens is 218 g/mol. The van der Waals surface area contributed by atoms with Gasteiger partial charge in [-0.05, 0) is 30.9 Å². The van der Waals surface area contributed by atoms with Crippen LogP contribution in [0.2, 0.25) is 0 Å². The summed E-state index contributed by atoms with van der Waals surface area (Å²) in [6, 6.07) is 7.15. The van der Waals surface area contributed by atoms with Gasteiger partial charge in [0.2, 0.25) is 0 Å². The summed E-state index contributed by atoms with van der Waals surface area (Å²) in [6.45, 7) is 0.893. The molecule has 0 saturated heterocycles. The van der Waals surface area contributed by atoms with Crippen LogP contribution in [0, 0.1) is 5.92 Å². The van der Waals surface area contributed by atoms with Gasteiger partial charge in [-0.25, -0.2) is 0 Å². The first-order valence-corrected chi connectivity index (χ1v) is 5.88. The van der Waals surface area contributed by atoms with Crippen LogP contribution in [-0.2, 0) is 9.53 Å². The fourth-order valence-electron chi connectivity index (χ4n) is 1.42. The van der Waals surface area contributed by atoms with E-state index >= 15 is 0 Å². The molecule has 0 heterocycles. The molecule has 1 aliphatic carbocycles. The van der Waals surface area contributed by atoms with Gasteiger partial charge >= 0.3 is 5.97 Å². The highest BCUT2D eigenvalue weighted by Gasteiger charge is 2.22. The third-order valence-corrected chi connectivity index (χ3v) is 2.61. The molecule has 0 radical (unpaired) electrons. The van der Waals surface area contributed by atoms with Gasteiger partial charge in [-0.1, -0.05) is 6.07 Å². The van der Waals surface area contributed by atoms with E-state index in [9.17, 15) is 4.79 Å². The fraction of sp³-hybridized carbons (Fsp3) is 0.462. The van der Waals surface area contributed by atoms with Crippen LogP contribution in [0.5, 0.6) is 5.75 Å². The van der Waals surface area contributed by atoms with Crippen LogP contribution < -0.4 is 10.5 Å². The highest BCUT2D eigenvalue weighted by molar-refractivity contribution is 5.69. The second-order valence-electron chi connectivity index (χ2n) is 4.30. The van der Waals surface area contributed by atoms with E-state index in [1.54, 1.807) is 12.1 Å². The number of hydrogen-bond acceptors (Lipinski definition) is 4. The van der Waals surface area contributed by atoms with Crippen molar-refractivity contribution in [2.45, 2.75) is 19.3 Å². The molecule has 0 amide bonds. The van der Waals surface area contributed by atoms with Gasteiger partial charge in [0.25, 0.3) is 0 Å². The molecule has 4 heteroatoms. The highest BCUT2D eigenvalue weighted by Crippen LogP contribution is 2.28. The third-order valence-electron chi connectivity index (χ3n) is 2.61. The van der Waals surface area contributed by atoms with E-state index in [4.69, 9.17) is 15.2 Å². The Kier molecular flexibility index (Phi) is 3.85. The van der Waals surface area contributed by atoms with Crippen LogP contribution in [0.15, 0.2) is 24.3 Å². The molecule has 0 unspecified atom stereocenters. The van der Waals surface area contributed by atoms with Crippen molar-refractivity contribution >= 4 is 11.7 Å². The van der Waals surface area contributed by atoms with Gasteiger partial charge < -0.3 is 15.2 Å². The zero-order chi connectivity index (χ0) is 12.1. The summed E-state index contributed by atoms with van der Waals surface area (Å²) in [6.07, 6.45) is 2.65. The van der Waals surface area contributed by atoms with E-state index in [-0.39, 0.29) is 12.4 Å². The Hall–Kier alpha value is -1.71. The van der Waals surface area contributed by atoms with Crippen molar-refractivity contribution in [1.29, 1.82) is 0 Å². The molecule has 92 valence electrons. The minimum Gasteiger partial charge on any atom is -0.493 e. The van der Waals surface area contributed by atoms with E-state index in [1.807, 2.05) is 12.1 Å². The Morgan fingerprint density at radius 1 is 1.41 bits per heavy atom. The molecule has 1 aliphatic rings. The Bertz CT molecular complexity index is 388. The molecule has 4 nitrogen and oxygen atoms in total. The summed E-state index contributed by atoms with van der Waals surface area (Å²) in [5.41, 5.74) is 6.26. The molecule has 0 aliphatic heterocycles. The van der Waals surface area contributed by atoms with Crippen molar-refractivity contribution in [2.24, 2.45) is 5.92 Å². The van der Waals surface area contributed by atoms with E-state index in [0.717, 1.165) is 0 Å². The quantitative estimate of drug-likeness (QED) is 0.605. The molecule has 0 aromatic heterocycles. The zero-order valence-corrected chi connectivity index (χ0v) is 9.72. The number of hydrogen-bond donors (Lipinski definition) is 1. The lowest BCUT2D eigenvalue weighted by molar-refractivity contribution is -0.144. The lowest BCUT2D eigenvalue weighted by Crippen LogP contribution is -2.11. The smallest absolute Gasteiger partial charge is 0.309 e. The third kappa shape index (κ3) is 4.34. The van der Waals surface area contributed by atoms with Gasteiger partial charge in [0, 0.05) is 11.8 Å². The van der Waals surface area contributed by atoms with Crippen LogP contribution in [0.3, 0.4) is 0 Å². The second kappa shape index (κ2) is 5.57. The molecule has 1 aromatic rings. The molecule has 0 atom stereocenters. The molecule has 0 spiro atoms. The standard InChI is InChI=1S/C13H17NO3/c14-11-2-1-3-12(8-11)16-7-6-13(15)17-9-10-4-5-10/h1-3,8,10H,4-7,9,14H2. The maximum Gasteiger partial charge on any atom is 0.309 e. The fourth-order valence-corrected chi connectivity index (χ4v) is 1.42. The molecule has 0 bridgehead atoms. The summed E-state index contributed by atoms with van der Waals surface area (Å²) < 4.78 is 10.5. The molecule has 2 N–H and O–H groups in total. The first kappa shape index (κ1) is 11.8. The van der Waals surface area contributed by atoms with Crippen LogP contribution in [0.1, 0.15) is 19.3 Å². The monoisotopic (exact) mass is 235 g/mol. The largest absolute Gasteiger partial charge is 0.493 e. The van der Waals surface area contributed by atoms with E-state index in [2.05, 4.69) is 0 Å². The lowest BCUT2D eigenvalue weighted by Gasteiger charge is -2.06. The maximum absolute atomic E-state index is 11.3. The SMILES string of the molecule is Nc1cccc(OCCC(=O)OCC2CC2)c1. The van der Waals surface area contributed by atoms with Crippen LogP contribution in [0.4, 0.5) is 5.69 Å². The summed E-state index contributed by atoms with van der Waals surface area (Å²) >= 11 is 0. The van der Waals surface area contributed by atoms with Gasteiger partial charge in [-0.3, -0.25) is 4.79 Å². The van der Waals surface area contributed by atoms with Crippen LogP contribution >= 0.6 is 0 Å². The minimum atomic E-state index is -0.194. The normalized spacial score (nSPS) is 14.4. The van der Waals surface area contributed by atoms with Crippen molar-refractivity contribution in [1.82, 2.24) is 0 Å². The topological polar surface area (TPSA) is 61.5 Å². The Labute approximate surface area is 101 Å². The van der Waals surface area contributed by atoms with E-state index in [1.165, 1.54) is 12.8 Å². The van der Waals surface area contributed by atoms with Crippen molar-refractivity contribution in [3.8, 4) is 5.75 Å². The second-order valence-corrected chi connectivity index (χ2v) is 4.30. The van der Waals surface area contributed by atoms with Crippen LogP contribution in [0.25, 0.3) is 0 Å². The van der Waals surface area contributed by atoms with Crippen molar-refractivity contribution in [3.05, 3.63) is 24.3 Å². The number of rotatable bonds is 6. The number of ether oxygens (including phenoxy) is 2. The Balaban J connectivity index is 1.62. The number of benzene rings is 1. The van der Waals surface area contributed by atoms with Gasteiger partial charge in [0.15, 0.2) is 0 Å². The average Bonchev–Trinajstić information content (AvgIpc) is 3.10. The number of esters is 1. The molecule has 2 rings (SSSR count). The van der Waals surface area contributed by atoms with Crippen LogP contribution in [-0.4, -0.2) is 19.2 Å². The van der Waals surface area contributed by atoms with Crippen molar-refractivity contribution in [3.63, 3.8) is 0 Å². The minimum absolute atomic E-state index is 0.194. The summed E-state index contributed by atoms with van der Waals surface area (Å²) in [5, 5.41) is 0. The van der Waals surface area contributed by atoms with Crippen molar-refractivity contribution < 1.29 is 14.3 Å². The van der Waals surface area contributed by atoms with Gasteiger partial charge in [-0.15, -0.1) is 0 Å². The lowest BCUT2D eigenvalue weighted by atomic mass is 10.3. The number of anilines is 1. The van der Waals surface area contributed by atoms with E-state index in [0.29, 0.717) is 30.6 Å². The number of nitrogens with two attached hydrogens (primary N) is 1. The van der Waals surface area contributed by atoms with Gasteiger partial charge in [0.1, 0.15) is 5.75 Å². The number of nitrogen functional groups attached to an aromatic ring is 1. The molecule has 17 heavy (non-hydrogen) atoms. The maximum atomic E-state index is 11.3. The Morgan fingerprint density at radius 3 is 2.94 bits per heavy atom. The van der Waals surface area contributed by atoms with Gasteiger partial charge in [-0.2, -0.15) is 0 Å². The summed E-state index contributed by atoms with van der Waals surface area (Å²) in [4.78, 5) is 11.3. The molecule has 1 aromatic carbocycles. The van der Waals surface area contributed by atoms with E-state index < -0.39 is 0 Å². The number of carbonyl (C=O) groups excluding carboxylic acids is 1. The highest BCUT2D eigenvalue weighted by atomic mass is 16.5. The molecule has 1 saturated carbocycles. The summed E-state index contributed by atoms with van der Waals surface area (Å²) in [7, 11) is 0. The van der Waals surface area contributed by atoms with Gasteiger partial charge in [0.05, 0.1) is 19.6 Å². The first-order chi connectivity index (χ1) is 8.24. The van der Waals surface area contributed by atoms with Crippen molar-refractivity contribution in [2.75, 3.05) is 18.9 Å². The molecule has 1 fully saturated rings. The predicted octanol–water partition coefficient (Wildman–Crippen LogP) is 1.99. The summed E-state index contributed by atoms with van der Waals surface area (Å²) in [5.74, 6) is 1.09. The zero-order valence-electron chi connectivity index (χ0n) is 9.72. The number of carbonyl (C=O) groups is 1. The molecular formula is C13H17NO3. The Morgan fingerprint density at radius 2 is 2.24 bits per heavy atom. The average molecular weight is 235 g/mol. The predicted molar refractivity (Wildman–Crippen MR) is 64.6 cm³/mol.